The van der Waals surface area contributed by atoms with Crippen LogP contribution in [0.4, 0.5) is 5.69 Å². The number of fused-ring (bicyclic) bond motifs is 1. The van der Waals surface area contributed by atoms with E-state index < -0.39 is 9.84 Å². The Hall–Kier alpha value is -2.44. The van der Waals surface area contributed by atoms with Crippen LogP contribution in [0.1, 0.15) is 5.56 Å². The lowest BCUT2D eigenvalue weighted by atomic mass is 10.0. The van der Waals surface area contributed by atoms with E-state index in [-0.39, 0.29) is 5.75 Å². The van der Waals surface area contributed by atoms with Gasteiger partial charge in [0.05, 0.1) is 11.3 Å². The predicted molar refractivity (Wildman–Crippen MR) is 103 cm³/mol. The molecule has 1 aromatic heterocycles. The van der Waals surface area contributed by atoms with Gasteiger partial charge in [-0.25, -0.2) is 8.42 Å². The van der Waals surface area contributed by atoms with Crippen molar-refractivity contribution in [1.82, 2.24) is 10.3 Å². The molecule has 3 N–H and O–H groups in total. The van der Waals surface area contributed by atoms with E-state index >= 15 is 0 Å². The zero-order valence-electron chi connectivity index (χ0n) is 14.1. The first-order valence-corrected chi connectivity index (χ1v) is 10.1. The van der Waals surface area contributed by atoms with Crippen molar-refractivity contribution < 1.29 is 8.42 Å². The van der Waals surface area contributed by atoms with Gasteiger partial charge in [-0.2, -0.15) is 0 Å². The highest BCUT2D eigenvalue weighted by molar-refractivity contribution is 7.90. The van der Waals surface area contributed by atoms with Gasteiger partial charge >= 0.3 is 0 Å². The Morgan fingerprint density at radius 3 is 2.68 bits per heavy atom. The summed E-state index contributed by atoms with van der Waals surface area (Å²) >= 11 is 0. The Morgan fingerprint density at radius 2 is 1.88 bits per heavy atom. The van der Waals surface area contributed by atoms with Gasteiger partial charge in [0.25, 0.3) is 0 Å². The maximum Gasteiger partial charge on any atom is 0.148 e. The summed E-state index contributed by atoms with van der Waals surface area (Å²) in [6, 6.07) is 16.0. The Labute approximate surface area is 147 Å². The van der Waals surface area contributed by atoms with Crippen LogP contribution in [0.3, 0.4) is 0 Å². The molecular weight excluding hydrogens is 334 g/mol. The highest BCUT2D eigenvalue weighted by Crippen LogP contribution is 2.26. The second kappa shape index (κ2) is 7.21. The second-order valence-electron chi connectivity index (χ2n) is 6.14. The molecule has 0 unspecified atom stereocenters. The average Bonchev–Trinajstić information content (AvgIpc) is 2.58. The topological polar surface area (TPSA) is 85.1 Å². The summed E-state index contributed by atoms with van der Waals surface area (Å²) in [7, 11) is -2.93. The normalized spacial score (nSPS) is 11.7. The molecule has 0 aliphatic heterocycles. The number of nitrogens with one attached hydrogen (secondary N) is 1. The maximum absolute atomic E-state index is 11.2. The highest BCUT2D eigenvalue weighted by atomic mass is 32.2. The monoisotopic (exact) mass is 355 g/mol. The molecular formula is C19H21N3O2S. The molecule has 3 aromatic rings. The summed E-state index contributed by atoms with van der Waals surface area (Å²) in [5.41, 5.74) is 10.8. The molecule has 1 heterocycles. The predicted octanol–water partition coefficient (Wildman–Crippen LogP) is 2.62. The minimum absolute atomic E-state index is 0.143. The lowest BCUT2D eigenvalue weighted by Crippen LogP contribution is -2.21. The quantitative estimate of drug-likeness (QED) is 0.664. The zero-order valence-corrected chi connectivity index (χ0v) is 14.9. The largest absolute Gasteiger partial charge is 0.398 e. The van der Waals surface area contributed by atoms with Crippen LogP contribution in [-0.4, -0.2) is 32.0 Å². The van der Waals surface area contributed by atoms with E-state index in [2.05, 4.69) is 16.4 Å². The maximum atomic E-state index is 11.2. The fraction of sp³-hybridized carbons (Fsp3) is 0.211. The standard InChI is InChI=1S/C19H21N3O2S/c1-25(23,24)10-9-21-13-14-3-2-4-15(11-14)16-5-6-17-18(20)7-8-22-19(17)12-16/h2-8,11-12,21H,9-10,13H2,1H3,(H2,20,22). The van der Waals surface area contributed by atoms with E-state index in [9.17, 15) is 8.42 Å². The molecule has 0 radical (unpaired) electrons. The first-order chi connectivity index (χ1) is 11.9. The lowest BCUT2D eigenvalue weighted by molar-refractivity contribution is 0.596. The number of aromatic nitrogens is 1. The van der Waals surface area contributed by atoms with E-state index in [1.807, 2.05) is 36.4 Å². The third-order valence-electron chi connectivity index (χ3n) is 4.02. The second-order valence-corrected chi connectivity index (χ2v) is 8.40. The Morgan fingerprint density at radius 1 is 1.08 bits per heavy atom. The summed E-state index contributed by atoms with van der Waals surface area (Å²) in [5.74, 6) is 0.143. The fourth-order valence-corrected chi connectivity index (χ4v) is 3.22. The van der Waals surface area contributed by atoms with Crippen molar-refractivity contribution in [2.45, 2.75) is 6.54 Å². The first-order valence-electron chi connectivity index (χ1n) is 8.04. The smallest absolute Gasteiger partial charge is 0.148 e. The van der Waals surface area contributed by atoms with Crippen molar-refractivity contribution >= 4 is 26.4 Å². The molecule has 0 bridgehead atoms. The number of hydrogen-bond donors (Lipinski definition) is 2. The number of nitrogens with two attached hydrogens (primary N) is 1. The minimum Gasteiger partial charge on any atom is -0.398 e. The van der Waals surface area contributed by atoms with Gasteiger partial charge in [0.1, 0.15) is 9.84 Å². The van der Waals surface area contributed by atoms with Gasteiger partial charge in [-0.1, -0.05) is 30.3 Å². The molecule has 0 saturated carbocycles. The van der Waals surface area contributed by atoms with Crippen LogP contribution in [0.15, 0.2) is 54.7 Å². The number of benzene rings is 2. The van der Waals surface area contributed by atoms with E-state index in [1.165, 1.54) is 6.26 Å². The molecule has 3 rings (SSSR count). The van der Waals surface area contributed by atoms with Crippen LogP contribution in [0.5, 0.6) is 0 Å². The molecule has 0 atom stereocenters. The van der Waals surface area contributed by atoms with E-state index in [1.54, 1.807) is 12.3 Å². The Balaban J connectivity index is 1.77. The van der Waals surface area contributed by atoms with Gasteiger partial charge in [0.2, 0.25) is 0 Å². The summed E-state index contributed by atoms with van der Waals surface area (Å²) < 4.78 is 22.3. The van der Waals surface area contributed by atoms with Gasteiger partial charge in [0, 0.05) is 36.6 Å². The van der Waals surface area contributed by atoms with E-state index in [0.29, 0.717) is 13.1 Å². The molecule has 0 saturated heterocycles. The van der Waals surface area contributed by atoms with Crippen molar-refractivity contribution in [2.24, 2.45) is 0 Å². The molecule has 5 nitrogen and oxygen atoms in total. The summed E-state index contributed by atoms with van der Waals surface area (Å²) in [6.45, 7) is 1.07. The molecule has 0 spiro atoms. The number of pyridine rings is 1. The zero-order chi connectivity index (χ0) is 17.9. The van der Waals surface area contributed by atoms with Crippen LogP contribution in [-0.2, 0) is 16.4 Å². The molecule has 0 aliphatic carbocycles. The van der Waals surface area contributed by atoms with Crippen molar-refractivity contribution in [2.75, 3.05) is 24.3 Å². The lowest BCUT2D eigenvalue weighted by Gasteiger charge is -2.08. The molecule has 25 heavy (non-hydrogen) atoms. The third-order valence-corrected chi connectivity index (χ3v) is 4.96. The van der Waals surface area contributed by atoms with Gasteiger partial charge in [0.15, 0.2) is 0 Å². The molecule has 0 fully saturated rings. The minimum atomic E-state index is -2.93. The van der Waals surface area contributed by atoms with E-state index in [0.717, 1.165) is 33.3 Å². The van der Waals surface area contributed by atoms with Crippen molar-refractivity contribution in [3.8, 4) is 11.1 Å². The summed E-state index contributed by atoms with van der Waals surface area (Å²) in [6.07, 6.45) is 2.96. The van der Waals surface area contributed by atoms with Gasteiger partial charge in [-0.3, -0.25) is 4.98 Å². The van der Waals surface area contributed by atoms with E-state index in [4.69, 9.17) is 5.73 Å². The molecule has 6 heteroatoms. The molecule has 130 valence electrons. The van der Waals surface area contributed by atoms with Gasteiger partial charge in [-0.15, -0.1) is 0 Å². The van der Waals surface area contributed by atoms with Crippen LogP contribution >= 0.6 is 0 Å². The van der Waals surface area contributed by atoms with Gasteiger partial charge < -0.3 is 11.1 Å². The van der Waals surface area contributed by atoms with Crippen LogP contribution < -0.4 is 11.1 Å². The number of hydrogen-bond acceptors (Lipinski definition) is 5. The van der Waals surface area contributed by atoms with Crippen LogP contribution in [0, 0.1) is 0 Å². The van der Waals surface area contributed by atoms with Gasteiger partial charge in [-0.05, 0) is 34.9 Å². The van der Waals surface area contributed by atoms with Crippen LogP contribution in [0.2, 0.25) is 0 Å². The molecule has 2 aromatic carbocycles. The number of anilines is 1. The summed E-state index contributed by atoms with van der Waals surface area (Å²) in [5, 5.41) is 4.11. The first kappa shape index (κ1) is 17.4. The SMILES string of the molecule is CS(=O)(=O)CCNCc1cccc(-c2ccc3c(N)ccnc3c2)c1. The molecule has 0 aliphatic rings. The van der Waals surface area contributed by atoms with Crippen molar-refractivity contribution in [1.29, 1.82) is 0 Å². The van der Waals surface area contributed by atoms with Crippen LogP contribution in [0.25, 0.3) is 22.0 Å². The summed E-state index contributed by atoms with van der Waals surface area (Å²) in [4.78, 5) is 4.39. The number of nitrogen functional groups attached to an aromatic ring is 1. The Kier molecular flexibility index (Phi) is 5.01. The third kappa shape index (κ3) is 4.55. The highest BCUT2D eigenvalue weighted by Gasteiger charge is 2.05. The van der Waals surface area contributed by atoms with Crippen molar-refractivity contribution in [3.63, 3.8) is 0 Å². The number of sulfone groups is 1. The molecule has 0 amide bonds. The number of nitrogens with zero attached hydrogens (tertiary/aromatic N) is 1. The van der Waals surface area contributed by atoms with Crippen molar-refractivity contribution in [3.05, 3.63) is 60.3 Å². The fourth-order valence-electron chi connectivity index (χ4n) is 2.70. The number of rotatable bonds is 6. The average molecular weight is 355 g/mol. The Bertz CT molecular complexity index is 1000.